The predicted molar refractivity (Wildman–Crippen MR) is 171 cm³/mol. The van der Waals surface area contributed by atoms with Crippen molar-refractivity contribution in [1.29, 1.82) is 0 Å². The molecule has 0 fully saturated rings. The molecule has 2 aromatic heterocycles. The van der Waals surface area contributed by atoms with Gasteiger partial charge in [-0.2, -0.15) is 0 Å². The van der Waals surface area contributed by atoms with Crippen molar-refractivity contribution < 1.29 is 0 Å². The fraction of sp³-hybridized carbons (Fsp3) is 0.0541. The Morgan fingerprint density at radius 2 is 0.929 bits per heavy atom. The molecule has 0 saturated heterocycles. The fourth-order valence-electron chi connectivity index (χ4n) is 5.47. The average Bonchev–Trinajstić information content (AvgIpc) is 3.28. The second kappa shape index (κ2) is 10.5. The molecular formula is C37H28N4O. The van der Waals surface area contributed by atoms with Crippen LogP contribution in [0.15, 0.2) is 138 Å². The van der Waals surface area contributed by atoms with E-state index in [1.54, 1.807) is 16.2 Å². The van der Waals surface area contributed by atoms with Gasteiger partial charge in [0.05, 0.1) is 22.4 Å². The Balaban J connectivity index is 1.25. The van der Waals surface area contributed by atoms with E-state index in [2.05, 4.69) is 78.9 Å². The van der Waals surface area contributed by atoms with Gasteiger partial charge in [-0.3, -0.25) is 9.13 Å². The number of aryl methyl sites for hydroxylation is 2. The van der Waals surface area contributed by atoms with Crippen molar-refractivity contribution in [3.05, 3.63) is 144 Å². The van der Waals surface area contributed by atoms with Crippen molar-refractivity contribution >= 4 is 11.0 Å². The molecule has 2 heterocycles. The van der Waals surface area contributed by atoms with Crippen LogP contribution in [0.3, 0.4) is 0 Å². The van der Waals surface area contributed by atoms with Crippen LogP contribution in [0.4, 0.5) is 0 Å². The highest BCUT2D eigenvalue weighted by molar-refractivity contribution is 5.83. The predicted octanol–water partition coefficient (Wildman–Crippen LogP) is 8.00. The molecule has 5 heteroatoms. The summed E-state index contributed by atoms with van der Waals surface area (Å²) in [5.74, 6) is 0.703. The maximum atomic E-state index is 12.4. The lowest BCUT2D eigenvalue weighted by Gasteiger charge is -2.11. The molecule has 0 amide bonds. The highest BCUT2D eigenvalue weighted by atomic mass is 16.1. The molecular weight excluding hydrogens is 516 g/mol. The molecule has 7 rings (SSSR count). The first-order valence-electron chi connectivity index (χ1n) is 13.9. The van der Waals surface area contributed by atoms with Gasteiger partial charge in [0.1, 0.15) is 0 Å². The van der Waals surface area contributed by atoms with Crippen LogP contribution in [0.25, 0.3) is 67.2 Å². The van der Waals surface area contributed by atoms with E-state index in [1.165, 1.54) is 0 Å². The molecule has 42 heavy (non-hydrogen) atoms. The Bertz CT molecular complexity index is 2050. The highest BCUT2D eigenvalue weighted by Crippen LogP contribution is 2.31. The van der Waals surface area contributed by atoms with Crippen LogP contribution in [0.5, 0.6) is 0 Å². The van der Waals surface area contributed by atoms with Crippen LogP contribution in [0, 0.1) is 0 Å². The molecule has 0 spiro atoms. The first kappa shape index (κ1) is 25.4. The topological polar surface area (TPSA) is 52.7 Å². The van der Waals surface area contributed by atoms with Crippen LogP contribution in [0.1, 0.15) is 0 Å². The van der Waals surface area contributed by atoms with Crippen molar-refractivity contribution in [2.24, 2.45) is 14.1 Å². The van der Waals surface area contributed by atoms with Gasteiger partial charge in [0.2, 0.25) is 0 Å². The Kier molecular flexibility index (Phi) is 6.32. The van der Waals surface area contributed by atoms with Crippen molar-refractivity contribution in [1.82, 2.24) is 19.1 Å². The average molecular weight is 545 g/mol. The monoisotopic (exact) mass is 544 g/mol. The SMILES string of the molecule is Cn1c(=O)n(C)c2cc(-c3ccc(-c4cccc(-c5cc(-c6ccccc6)nc(-c6ccccc6)n5)c4)cc3)ccc21. The van der Waals surface area contributed by atoms with Gasteiger partial charge >= 0.3 is 5.69 Å². The highest BCUT2D eigenvalue weighted by Gasteiger charge is 2.12. The van der Waals surface area contributed by atoms with Gasteiger partial charge < -0.3 is 0 Å². The van der Waals surface area contributed by atoms with Crippen molar-refractivity contribution in [2.75, 3.05) is 0 Å². The number of imidazole rings is 1. The second-order valence-corrected chi connectivity index (χ2v) is 10.5. The summed E-state index contributed by atoms with van der Waals surface area (Å²) in [7, 11) is 3.62. The van der Waals surface area contributed by atoms with Gasteiger partial charge in [-0.05, 0) is 46.5 Å². The van der Waals surface area contributed by atoms with Gasteiger partial charge in [0, 0.05) is 30.8 Å². The molecule has 0 aliphatic carbocycles. The Labute approximate surface area is 244 Å². The molecule has 0 unspecified atom stereocenters. The lowest BCUT2D eigenvalue weighted by molar-refractivity contribution is 0.795. The minimum Gasteiger partial charge on any atom is -0.295 e. The third-order valence-corrected chi connectivity index (χ3v) is 7.81. The van der Waals surface area contributed by atoms with Gasteiger partial charge in [-0.25, -0.2) is 14.8 Å². The molecule has 5 aromatic carbocycles. The van der Waals surface area contributed by atoms with E-state index < -0.39 is 0 Å². The summed E-state index contributed by atoms with van der Waals surface area (Å²) in [5, 5.41) is 0. The largest absolute Gasteiger partial charge is 0.328 e. The van der Waals surface area contributed by atoms with E-state index in [1.807, 2.05) is 61.6 Å². The van der Waals surface area contributed by atoms with Crippen molar-refractivity contribution in [2.45, 2.75) is 0 Å². The van der Waals surface area contributed by atoms with Crippen molar-refractivity contribution in [3.8, 4) is 56.2 Å². The number of nitrogens with zero attached hydrogens (tertiary/aromatic N) is 4. The first-order chi connectivity index (χ1) is 20.5. The third-order valence-electron chi connectivity index (χ3n) is 7.81. The van der Waals surface area contributed by atoms with Gasteiger partial charge in [0.15, 0.2) is 5.82 Å². The number of hydrogen-bond acceptors (Lipinski definition) is 3. The lowest BCUT2D eigenvalue weighted by Crippen LogP contribution is -2.19. The van der Waals surface area contributed by atoms with E-state index in [9.17, 15) is 4.79 Å². The van der Waals surface area contributed by atoms with Crippen LogP contribution in [-0.4, -0.2) is 19.1 Å². The molecule has 0 bridgehead atoms. The van der Waals surface area contributed by atoms with E-state index in [0.717, 1.165) is 61.4 Å². The normalized spacial score (nSPS) is 11.2. The minimum atomic E-state index is -0.0205. The standard InChI is InChI=1S/C37H28N4O/c1-40-34-21-20-30(23-35(34)41(2)37(40)42)26-18-16-25(17-19-26)29-14-9-15-31(22-29)33-24-32(27-10-5-3-6-11-27)38-36(39-33)28-12-7-4-8-13-28/h3-24H,1-2H3. The fourth-order valence-corrected chi connectivity index (χ4v) is 5.47. The lowest BCUT2D eigenvalue weighted by atomic mass is 9.98. The van der Waals surface area contributed by atoms with Gasteiger partial charge in [0.25, 0.3) is 0 Å². The number of aromatic nitrogens is 4. The zero-order valence-electron chi connectivity index (χ0n) is 23.4. The van der Waals surface area contributed by atoms with E-state index >= 15 is 0 Å². The molecule has 7 aromatic rings. The maximum Gasteiger partial charge on any atom is 0.328 e. The molecule has 0 atom stereocenters. The number of hydrogen-bond donors (Lipinski definition) is 0. The van der Waals surface area contributed by atoms with Crippen molar-refractivity contribution in [3.63, 3.8) is 0 Å². The maximum absolute atomic E-state index is 12.4. The second-order valence-electron chi connectivity index (χ2n) is 10.5. The number of fused-ring (bicyclic) bond motifs is 1. The molecule has 0 aliphatic heterocycles. The Morgan fingerprint density at radius 1 is 0.429 bits per heavy atom. The quantitative estimate of drug-likeness (QED) is 0.221. The summed E-state index contributed by atoms with van der Waals surface area (Å²) < 4.78 is 3.37. The summed E-state index contributed by atoms with van der Waals surface area (Å²) in [4.78, 5) is 22.3. The number of benzene rings is 5. The molecule has 5 nitrogen and oxygen atoms in total. The zero-order chi connectivity index (χ0) is 28.6. The van der Waals surface area contributed by atoms with Gasteiger partial charge in [-0.15, -0.1) is 0 Å². The van der Waals surface area contributed by atoms with E-state index in [0.29, 0.717) is 5.82 Å². The van der Waals surface area contributed by atoms with Crippen LogP contribution in [0.2, 0.25) is 0 Å². The van der Waals surface area contributed by atoms with Crippen LogP contribution >= 0.6 is 0 Å². The molecule has 0 aliphatic rings. The summed E-state index contributed by atoms with van der Waals surface area (Å²) in [6.45, 7) is 0. The molecule has 202 valence electrons. The van der Waals surface area contributed by atoms with E-state index in [4.69, 9.17) is 9.97 Å². The molecule has 0 radical (unpaired) electrons. The van der Waals surface area contributed by atoms with Crippen LogP contribution < -0.4 is 5.69 Å². The Morgan fingerprint density at radius 3 is 1.60 bits per heavy atom. The molecule has 0 N–H and O–H groups in total. The summed E-state index contributed by atoms with van der Waals surface area (Å²) in [6, 6.07) is 45.6. The first-order valence-corrected chi connectivity index (χ1v) is 13.9. The van der Waals surface area contributed by atoms with E-state index in [-0.39, 0.29) is 5.69 Å². The third kappa shape index (κ3) is 4.61. The summed E-state index contributed by atoms with van der Waals surface area (Å²) >= 11 is 0. The Hall–Kier alpha value is -5.55. The smallest absolute Gasteiger partial charge is 0.295 e. The van der Waals surface area contributed by atoms with Gasteiger partial charge in [-0.1, -0.05) is 109 Å². The molecule has 0 saturated carbocycles. The summed E-state index contributed by atoms with van der Waals surface area (Å²) in [5.41, 5.74) is 11.1. The number of rotatable bonds is 5. The summed E-state index contributed by atoms with van der Waals surface area (Å²) in [6.07, 6.45) is 0. The zero-order valence-corrected chi connectivity index (χ0v) is 23.4. The minimum absolute atomic E-state index is 0.0205. The van der Waals surface area contributed by atoms with Crippen LogP contribution in [-0.2, 0) is 14.1 Å².